The summed E-state index contributed by atoms with van der Waals surface area (Å²) in [5.74, 6) is 1.58. The van der Waals surface area contributed by atoms with Crippen molar-refractivity contribution in [3.63, 3.8) is 0 Å². The Hall–Kier alpha value is -0.960. The summed E-state index contributed by atoms with van der Waals surface area (Å²) in [6, 6.07) is 7.89. The Bertz CT molecular complexity index is 286. The van der Waals surface area contributed by atoms with Crippen LogP contribution in [0.4, 0.5) is 0 Å². The van der Waals surface area contributed by atoms with E-state index in [4.69, 9.17) is 4.74 Å². The first-order valence-electron chi connectivity index (χ1n) is 4.01. The highest BCUT2D eigenvalue weighted by Gasteiger charge is 1.93. The summed E-state index contributed by atoms with van der Waals surface area (Å²) in [6.45, 7) is 0. The quantitative estimate of drug-likeness (QED) is 0.543. The number of thioether (sulfide) groups is 1. The van der Waals surface area contributed by atoms with Gasteiger partial charge in [-0.25, -0.2) is 0 Å². The van der Waals surface area contributed by atoms with Crippen LogP contribution in [0.1, 0.15) is 5.56 Å². The molecule has 2 nitrogen and oxygen atoms in total. The van der Waals surface area contributed by atoms with E-state index in [1.807, 2.05) is 36.7 Å². The molecule has 13 heavy (non-hydrogen) atoms. The number of nitrogens with zero attached hydrogens (tertiary/aromatic N) is 1. The number of ether oxygens (including phenoxy) is 1. The third-order valence-corrected chi connectivity index (χ3v) is 1.83. The van der Waals surface area contributed by atoms with Gasteiger partial charge in [0.1, 0.15) is 11.7 Å². The fourth-order valence-electron chi connectivity index (χ4n) is 0.961. The van der Waals surface area contributed by atoms with Gasteiger partial charge in [0.2, 0.25) is 0 Å². The van der Waals surface area contributed by atoms with Crippen molar-refractivity contribution >= 4 is 18.0 Å². The van der Waals surface area contributed by atoms with Crippen LogP contribution in [-0.2, 0) is 0 Å². The number of aliphatic imine (C=N–C) groups is 1. The lowest BCUT2D eigenvalue weighted by molar-refractivity contribution is 0.393. The summed E-state index contributed by atoms with van der Waals surface area (Å²) in [5, 5.41) is 0. The van der Waals surface area contributed by atoms with E-state index in [1.54, 1.807) is 18.8 Å². The van der Waals surface area contributed by atoms with Crippen LogP contribution in [0.2, 0.25) is 0 Å². The lowest BCUT2D eigenvalue weighted by Crippen LogP contribution is -1.92. The van der Waals surface area contributed by atoms with Gasteiger partial charge in [0.05, 0.1) is 0 Å². The van der Waals surface area contributed by atoms with Gasteiger partial charge in [-0.3, -0.25) is 4.99 Å². The van der Waals surface area contributed by atoms with E-state index >= 15 is 0 Å². The maximum absolute atomic E-state index is 5.44. The van der Waals surface area contributed by atoms with Crippen LogP contribution < -0.4 is 4.74 Å². The van der Waals surface area contributed by atoms with Gasteiger partial charge in [0.15, 0.2) is 0 Å². The van der Waals surface area contributed by atoms with E-state index in [0.717, 1.165) is 11.3 Å². The standard InChI is InChI=1S/C10H13NOS/c1-11-7-9-4-3-5-10(6-9)12-8-13-2/h3-7H,8H2,1-2H3. The molecule has 0 bridgehead atoms. The van der Waals surface area contributed by atoms with Crippen LogP contribution in [0.3, 0.4) is 0 Å². The Morgan fingerprint density at radius 2 is 2.38 bits per heavy atom. The molecule has 0 saturated carbocycles. The molecule has 1 aromatic rings. The van der Waals surface area contributed by atoms with Crippen molar-refractivity contribution in [2.75, 3.05) is 19.2 Å². The van der Waals surface area contributed by atoms with Crippen molar-refractivity contribution < 1.29 is 4.74 Å². The van der Waals surface area contributed by atoms with E-state index in [0.29, 0.717) is 5.94 Å². The van der Waals surface area contributed by atoms with Gasteiger partial charge in [-0.05, 0) is 24.0 Å². The molecule has 70 valence electrons. The first-order chi connectivity index (χ1) is 6.36. The molecule has 0 fully saturated rings. The molecule has 0 amide bonds. The molecule has 0 N–H and O–H groups in total. The highest BCUT2D eigenvalue weighted by molar-refractivity contribution is 7.98. The van der Waals surface area contributed by atoms with Crippen LogP contribution >= 0.6 is 11.8 Å². The van der Waals surface area contributed by atoms with E-state index < -0.39 is 0 Å². The third-order valence-electron chi connectivity index (χ3n) is 1.48. The molecule has 0 radical (unpaired) electrons. The van der Waals surface area contributed by atoms with Crippen molar-refractivity contribution in [2.24, 2.45) is 4.99 Å². The fraction of sp³-hybridized carbons (Fsp3) is 0.300. The summed E-state index contributed by atoms with van der Waals surface area (Å²) < 4.78 is 5.44. The number of benzene rings is 1. The van der Waals surface area contributed by atoms with E-state index in [1.165, 1.54) is 0 Å². The fourth-order valence-corrected chi connectivity index (χ4v) is 1.21. The number of hydrogen-bond donors (Lipinski definition) is 0. The molecule has 0 atom stereocenters. The second-order valence-electron chi connectivity index (χ2n) is 2.51. The minimum atomic E-state index is 0.687. The Kier molecular flexibility index (Phi) is 4.40. The maximum atomic E-state index is 5.44. The highest BCUT2D eigenvalue weighted by atomic mass is 32.2. The molecular formula is C10H13NOS. The summed E-state index contributed by atoms with van der Waals surface area (Å²) in [4.78, 5) is 3.94. The molecular weight excluding hydrogens is 182 g/mol. The van der Waals surface area contributed by atoms with Crippen molar-refractivity contribution in [3.8, 4) is 5.75 Å². The van der Waals surface area contributed by atoms with Gasteiger partial charge in [0.25, 0.3) is 0 Å². The normalized spacial score (nSPS) is 10.6. The molecule has 1 rings (SSSR count). The zero-order chi connectivity index (χ0) is 9.52. The molecule has 0 unspecified atom stereocenters. The van der Waals surface area contributed by atoms with E-state index in [-0.39, 0.29) is 0 Å². The molecule has 0 aromatic heterocycles. The lowest BCUT2D eigenvalue weighted by atomic mass is 10.2. The number of hydrogen-bond acceptors (Lipinski definition) is 3. The van der Waals surface area contributed by atoms with Gasteiger partial charge in [-0.1, -0.05) is 12.1 Å². The predicted octanol–water partition coefficient (Wildman–Crippen LogP) is 2.43. The molecule has 0 aliphatic heterocycles. The van der Waals surface area contributed by atoms with E-state index in [2.05, 4.69) is 4.99 Å². The zero-order valence-corrected chi connectivity index (χ0v) is 8.67. The van der Waals surface area contributed by atoms with Gasteiger partial charge in [-0.15, -0.1) is 11.8 Å². The van der Waals surface area contributed by atoms with Crippen molar-refractivity contribution in [3.05, 3.63) is 29.8 Å². The van der Waals surface area contributed by atoms with Crippen molar-refractivity contribution in [1.82, 2.24) is 0 Å². The second kappa shape index (κ2) is 5.65. The van der Waals surface area contributed by atoms with E-state index in [9.17, 15) is 0 Å². The SMILES string of the molecule is CN=Cc1cccc(OCSC)c1. The molecule has 0 saturated heterocycles. The van der Waals surface area contributed by atoms with Crippen LogP contribution in [0, 0.1) is 0 Å². The summed E-state index contributed by atoms with van der Waals surface area (Å²) >= 11 is 1.66. The topological polar surface area (TPSA) is 21.6 Å². The molecule has 3 heteroatoms. The first-order valence-corrected chi connectivity index (χ1v) is 5.40. The average Bonchev–Trinajstić information content (AvgIpc) is 2.16. The summed E-state index contributed by atoms with van der Waals surface area (Å²) in [7, 11) is 1.76. The lowest BCUT2D eigenvalue weighted by Gasteiger charge is -2.03. The van der Waals surface area contributed by atoms with Crippen LogP contribution in [-0.4, -0.2) is 25.5 Å². The second-order valence-corrected chi connectivity index (χ2v) is 3.32. The Labute approximate surface area is 83.0 Å². The Morgan fingerprint density at radius 1 is 1.54 bits per heavy atom. The number of rotatable bonds is 4. The first kappa shape index (κ1) is 10.1. The average molecular weight is 195 g/mol. The molecule has 0 aliphatic rings. The minimum Gasteiger partial charge on any atom is -0.483 e. The van der Waals surface area contributed by atoms with Gasteiger partial charge < -0.3 is 4.74 Å². The minimum absolute atomic E-state index is 0.687. The predicted molar refractivity (Wildman–Crippen MR) is 59.0 cm³/mol. The Balaban J connectivity index is 2.67. The zero-order valence-electron chi connectivity index (χ0n) is 7.86. The maximum Gasteiger partial charge on any atom is 0.133 e. The van der Waals surface area contributed by atoms with Gasteiger partial charge in [0, 0.05) is 13.3 Å². The summed E-state index contributed by atoms with van der Waals surface area (Å²) in [5.41, 5.74) is 1.07. The highest BCUT2D eigenvalue weighted by Crippen LogP contribution is 2.13. The third kappa shape index (κ3) is 3.51. The molecule has 0 aliphatic carbocycles. The van der Waals surface area contributed by atoms with Crippen LogP contribution in [0.15, 0.2) is 29.3 Å². The Morgan fingerprint density at radius 3 is 3.08 bits per heavy atom. The van der Waals surface area contributed by atoms with Crippen molar-refractivity contribution in [2.45, 2.75) is 0 Å². The van der Waals surface area contributed by atoms with Gasteiger partial charge >= 0.3 is 0 Å². The smallest absolute Gasteiger partial charge is 0.133 e. The van der Waals surface area contributed by atoms with Gasteiger partial charge in [-0.2, -0.15) is 0 Å². The van der Waals surface area contributed by atoms with Crippen molar-refractivity contribution in [1.29, 1.82) is 0 Å². The molecule has 0 heterocycles. The largest absolute Gasteiger partial charge is 0.483 e. The van der Waals surface area contributed by atoms with Crippen LogP contribution in [0.5, 0.6) is 5.75 Å². The summed E-state index contributed by atoms with van der Waals surface area (Å²) in [6.07, 6.45) is 3.82. The molecule has 1 aromatic carbocycles. The monoisotopic (exact) mass is 195 g/mol. The van der Waals surface area contributed by atoms with Crippen LogP contribution in [0.25, 0.3) is 0 Å². The molecule has 0 spiro atoms.